The molecule has 1 N–H and O–H groups in total. The van der Waals surface area contributed by atoms with Gasteiger partial charge in [-0.05, 0) is 30.8 Å². The molecular formula is C14H18N4OS. The predicted molar refractivity (Wildman–Crippen MR) is 82.0 cm³/mol. The number of nitrogens with zero attached hydrogens (tertiary/aromatic N) is 3. The first-order valence-electron chi connectivity index (χ1n) is 6.60. The first-order valence-corrected chi connectivity index (χ1v) is 7.00. The van der Waals surface area contributed by atoms with Gasteiger partial charge >= 0.3 is 0 Å². The Morgan fingerprint density at radius 1 is 1.45 bits per heavy atom. The fourth-order valence-electron chi connectivity index (χ4n) is 1.83. The number of para-hydroxylation sites is 1. The Balaban J connectivity index is 2.27. The van der Waals surface area contributed by atoms with E-state index in [1.54, 1.807) is 18.0 Å². The van der Waals surface area contributed by atoms with Crippen molar-refractivity contribution in [3.63, 3.8) is 0 Å². The smallest absolute Gasteiger partial charge is 0.216 e. The summed E-state index contributed by atoms with van der Waals surface area (Å²) in [6.07, 6.45) is 4.76. The first-order chi connectivity index (χ1) is 9.76. The fourth-order valence-corrected chi connectivity index (χ4v) is 2.03. The number of methoxy groups -OCH3 is 1. The molecule has 0 aliphatic rings. The quantitative estimate of drug-likeness (QED) is 0.656. The second kappa shape index (κ2) is 7.00. The highest BCUT2D eigenvalue weighted by Gasteiger charge is 2.04. The van der Waals surface area contributed by atoms with Crippen molar-refractivity contribution in [2.24, 2.45) is 5.10 Å². The van der Waals surface area contributed by atoms with Crippen molar-refractivity contribution in [3.8, 4) is 5.75 Å². The highest BCUT2D eigenvalue weighted by molar-refractivity contribution is 7.71. The van der Waals surface area contributed by atoms with Crippen LogP contribution in [0.4, 0.5) is 0 Å². The van der Waals surface area contributed by atoms with Gasteiger partial charge in [-0.25, -0.2) is 0 Å². The lowest BCUT2D eigenvalue weighted by atomic mass is 10.2. The van der Waals surface area contributed by atoms with Gasteiger partial charge in [0.05, 0.1) is 13.3 Å². The van der Waals surface area contributed by atoms with Gasteiger partial charge in [0, 0.05) is 12.0 Å². The van der Waals surface area contributed by atoms with Crippen LogP contribution in [0.25, 0.3) is 0 Å². The van der Waals surface area contributed by atoms with Crippen LogP contribution in [0, 0.1) is 4.77 Å². The second-order valence-corrected chi connectivity index (χ2v) is 4.73. The number of unbranched alkanes of at least 4 members (excludes halogenated alkanes) is 1. The van der Waals surface area contributed by atoms with Crippen molar-refractivity contribution >= 4 is 18.4 Å². The van der Waals surface area contributed by atoms with Crippen LogP contribution in [0.2, 0.25) is 0 Å². The third-order valence-electron chi connectivity index (χ3n) is 2.92. The van der Waals surface area contributed by atoms with Crippen molar-refractivity contribution in [1.29, 1.82) is 0 Å². The molecule has 2 aromatic rings. The molecule has 0 saturated carbocycles. The number of ether oxygens (including phenoxy) is 1. The maximum atomic E-state index is 5.29. The van der Waals surface area contributed by atoms with Gasteiger partial charge in [0.2, 0.25) is 4.77 Å². The zero-order valence-electron chi connectivity index (χ0n) is 11.7. The molecule has 0 unspecified atom stereocenters. The summed E-state index contributed by atoms with van der Waals surface area (Å²) in [7, 11) is 1.64. The van der Waals surface area contributed by atoms with Crippen LogP contribution >= 0.6 is 12.2 Å². The average Bonchev–Trinajstić information content (AvgIpc) is 2.83. The third kappa shape index (κ3) is 3.33. The Kier molecular flexibility index (Phi) is 5.06. The number of nitrogens with one attached hydrogen (secondary N) is 1. The molecule has 0 radical (unpaired) electrons. The SMILES string of the molecule is CCCCc1n[nH]c(=S)n1/N=C\c1ccccc1OC. The van der Waals surface area contributed by atoms with E-state index in [2.05, 4.69) is 22.2 Å². The van der Waals surface area contributed by atoms with Crippen LogP contribution in [0.1, 0.15) is 31.2 Å². The van der Waals surface area contributed by atoms with Gasteiger partial charge in [-0.3, -0.25) is 5.10 Å². The fraction of sp³-hybridized carbons (Fsp3) is 0.357. The van der Waals surface area contributed by atoms with E-state index in [4.69, 9.17) is 17.0 Å². The average molecular weight is 290 g/mol. The minimum absolute atomic E-state index is 0.502. The molecule has 0 fully saturated rings. The molecule has 106 valence electrons. The van der Waals surface area contributed by atoms with Crippen LogP contribution in [0.15, 0.2) is 29.4 Å². The topological polar surface area (TPSA) is 55.2 Å². The van der Waals surface area contributed by atoms with Crippen LogP contribution in [-0.4, -0.2) is 28.2 Å². The van der Waals surface area contributed by atoms with Crippen molar-refractivity contribution < 1.29 is 4.74 Å². The molecule has 0 saturated heterocycles. The normalized spacial score (nSPS) is 11.1. The molecule has 0 bridgehead atoms. The van der Waals surface area contributed by atoms with Gasteiger partial charge in [-0.15, -0.1) is 0 Å². The minimum atomic E-state index is 0.502. The zero-order valence-corrected chi connectivity index (χ0v) is 12.5. The van der Waals surface area contributed by atoms with Crippen molar-refractivity contribution in [2.75, 3.05) is 7.11 Å². The first kappa shape index (κ1) is 14.5. The molecule has 2 rings (SSSR count). The number of H-pyrrole nitrogens is 1. The van der Waals surface area contributed by atoms with Crippen molar-refractivity contribution in [3.05, 3.63) is 40.4 Å². The monoisotopic (exact) mass is 290 g/mol. The Labute approximate surface area is 123 Å². The van der Waals surface area contributed by atoms with Gasteiger partial charge in [0.25, 0.3) is 0 Å². The van der Waals surface area contributed by atoms with E-state index in [1.165, 1.54) is 0 Å². The molecule has 0 amide bonds. The molecule has 6 heteroatoms. The molecule has 1 aromatic heterocycles. The summed E-state index contributed by atoms with van der Waals surface area (Å²) >= 11 is 5.20. The van der Waals surface area contributed by atoms with E-state index in [0.717, 1.165) is 36.4 Å². The van der Waals surface area contributed by atoms with Crippen molar-refractivity contribution in [1.82, 2.24) is 14.9 Å². The highest BCUT2D eigenvalue weighted by atomic mass is 32.1. The van der Waals surface area contributed by atoms with Crippen LogP contribution in [-0.2, 0) is 6.42 Å². The van der Waals surface area contributed by atoms with E-state index in [1.807, 2.05) is 24.3 Å². The number of aromatic nitrogens is 3. The number of aromatic amines is 1. The Bertz CT molecular complexity index is 645. The van der Waals surface area contributed by atoms with Crippen LogP contribution in [0.3, 0.4) is 0 Å². The number of hydrogen-bond acceptors (Lipinski definition) is 4. The summed E-state index contributed by atoms with van der Waals surface area (Å²) in [5.41, 5.74) is 0.902. The summed E-state index contributed by atoms with van der Waals surface area (Å²) in [6.45, 7) is 2.14. The summed E-state index contributed by atoms with van der Waals surface area (Å²) in [4.78, 5) is 0. The standard InChI is InChI=1S/C14H18N4OS/c1-3-4-9-13-16-17-14(20)18(13)15-10-11-7-5-6-8-12(11)19-2/h5-8,10H,3-4,9H2,1-2H3,(H,17,20)/b15-10-. The maximum absolute atomic E-state index is 5.29. The third-order valence-corrected chi connectivity index (χ3v) is 3.19. The summed E-state index contributed by atoms with van der Waals surface area (Å²) in [5.74, 6) is 1.63. The van der Waals surface area contributed by atoms with E-state index in [0.29, 0.717) is 4.77 Å². The van der Waals surface area contributed by atoms with Gasteiger partial charge in [0.1, 0.15) is 5.75 Å². The molecular weight excluding hydrogens is 272 g/mol. The largest absolute Gasteiger partial charge is 0.496 e. The molecule has 1 aromatic carbocycles. The minimum Gasteiger partial charge on any atom is -0.496 e. The number of hydrogen-bond donors (Lipinski definition) is 1. The molecule has 20 heavy (non-hydrogen) atoms. The number of aryl methyl sites for hydroxylation is 1. The summed E-state index contributed by atoms with van der Waals surface area (Å²) in [5, 5.41) is 11.4. The van der Waals surface area contributed by atoms with E-state index >= 15 is 0 Å². The number of benzene rings is 1. The van der Waals surface area contributed by atoms with Gasteiger partial charge in [0.15, 0.2) is 5.82 Å². The second-order valence-electron chi connectivity index (χ2n) is 4.35. The molecule has 5 nitrogen and oxygen atoms in total. The summed E-state index contributed by atoms with van der Waals surface area (Å²) in [6, 6.07) is 7.70. The molecule has 0 spiro atoms. The van der Waals surface area contributed by atoms with Crippen LogP contribution < -0.4 is 4.74 Å². The zero-order chi connectivity index (χ0) is 14.4. The lowest BCUT2D eigenvalue weighted by Gasteiger charge is -2.03. The Hall–Kier alpha value is -1.95. The lowest BCUT2D eigenvalue weighted by Crippen LogP contribution is -2.00. The highest BCUT2D eigenvalue weighted by Crippen LogP contribution is 2.15. The van der Waals surface area contributed by atoms with Gasteiger partial charge < -0.3 is 4.74 Å². The number of rotatable bonds is 6. The Morgan fingerprint density at radius 3 is 3.00 bits per heavy atom. The molecule has 1 heterocycles. The summed E-state index contributed by atoms with van der Waals surface area (Å²) < 4.78 is 7.46. The van der Waals surface area contributed by atoms with Crippen LogP contribution in [0.5, 0.6) is 5.75 Å². The van der Waals surface area contributed by atoms with Gasteiger partial charge in [-0.1, -0.05) is 25.5 Å². The molecule has 0 aliphatic carbocycles. The van der Waals surface area contributed by atoms with Crippen molar-refractivity contribution in [2.45, 2.75) is 26.2 Å². The van der Waals surface area contributed by atoms with E-state index in [9.17, 15) is 0 Å². The molecule has 0 atom stereocenters. The Morgan fingerprint density at radius 2 is 2.25 bits per heavy atom. The lowest BCUT2D eigenvalue weighted by molar-refractivity contribution is 0.414. The maximum Gasteiger partial charge on any atom is 0.216 e. The predicted octanol–water partition coefficient (Wildman–Crippen LogP) is 3.17. The van der Waals surface area contributed by atoms with E-state index in [-0.39, 0.29) is 0 Å². The van der Waals surface area contributed by atoms with E-state index < -0.39 is 0 Å². The van der Waals surface area contributed by atoms with Gasteiger partial charge in [-0.2, -0.15) is 14.9 Å². The molecule has 0 aliphatic heterocycles.